The first-order valence-electron chi connectivity index (χ1n) is 9.22. The fourth-order valence-electron chi connectivity index (χ4n) is 3.05. The Morgan fingerprint density at radius 2 is 1.97 bits per heavy atom. The topological polar surface area (TPSA) is 59.8 Å². The summed E-state index contributed by atoms with van der Waals surface area (Å²) in [5, 5.41) is 9.62. The summed E-state index contributed by atoms with van der Waals surface area (Å²) in [5.41, 5.74) is 4.29. The molecule has 2 aromatic carbocycles. The van der Waals surface area contributed by atoms with E-state index in [1.807, 2.05) is 31.2 Å². The van der Waals surface area contributed by atoms with Gasteiger partial charge in [0.15, 0.2) is 5.13 Å². The molecule has 4 aromatic rings. The molecule has 0 unspecified atom stereocenters. The summed E-state index contributed by atoms with van der Waals surface area (Å²) >= 11 is 7.73. The summed E-state index contributed by atoms with van der Waals surface area (Å²) in [6.45, 7) is 4.23. The lowest BCUT2D eigenvalue weighted by Gasteiger charge is -2.05. The largest absolute Gasteiger partial charge is 0.298 e. The van der Waals surface area contributed by atoms with Crippen LogP contribution in [0.15, 0.2) is 53.9 Å². The summed E-state index contributed by atoms with van der Waals surface area (Å²) in [5.74, 6) is -0.720. The van der Waals surface area contributed by atoms with Gasteiger partial charge in [-0.2, -0.15) is 5.10 Å². The Kier molecular flexibility index (Phi) is 5.65. The Labute approximate surface area is 182 Å². The molecule has 30 heavy (non-hydrogen) atoms. The molecular formula is C22H18ClFN4OS. The zero-order chi connectivity index (χ0) is 21.3. The molecule has 0 spiro atoms. The van der Waals surface area contributed by atoms with Gasteiger partial charge < -0.3 is 0 Å². The number of aryl methyl sites for hydroxylation is 2. The second-order valence-corrected chi connectivity index (χ2v) is 8.11. The highest BCUT2D eigenvalue weighted by molar-refractivity contribution is 7.14. The van der Waals surface area contributed by atoms with E-state index < -0.39 is 0 Å². The van der Waals surface area contributed by atoms with E-state index in [1.165, 1.54) is 29.0 Å². The molecule has 5 nitrogen and oxygen atoms in total. The standard InChI is InChI=1S/C22H18ClFN4OS/c1-13-6-8-15(9-7-13)11-28-20(23)19(14(2)27-28)21(29)26-22-25-18(12-30-22)16-4-3-5-17(24)10-16/h3-10,12H,11H2,1-2H3,(H,25,26,29). The van der Waals surface area contributed by atoms with Gasteiger partial charge in [0, 0.05) is 10.9 Å². The van der Waals surface area contributed by atoms with Gasteiger partial charge in [-0.3, -0.25) is 10.1 Å². The van der Waals surface area contributed by atoms with Crippen molar-refractivity contribution in [1.82, 2.24) is 14.8 Å². The molecule has 152 valence electrons. The van der Waals surface area contributed by atoms with E-state index in [1.54, 1.807) is 29.1 Å². The molecule has 4 rings (SSSR count). The van der Waals surface area contributed by atoms with Crippen LogP contribution in [0.1, 0.15) is 27.2 Å². The van der Waals surface area contributed by atoms with Gasteiger partial charge in [-0.1, -0.05) is 53.6 Å². The smallest absolute Gasteiger partial charge is 0.262 e. The molecular weight excluding hydrogens is 423 g/mol. The fraction of sp³-hybridized carbons (Fsp3) is 0.136. The molecule has 0 atom stereocenters. The van der Waals surface area contributed by atoms with Crippen LogP contribution in [0.25, 0.3) is 11.3 Å². The average Bonchev–Trinajstić information content (AvgIpc) is 3.28. The third kappa shape index (κ3) is 4.27. The van der Waals surface area contributed by atoms with E-state index in [2.05, 4.69) is 15.4 Å². The van der Waals surface area contributed by atoms with Crippen molar-refractivity contribution in [2.24, 2.45) is 0 Å². The summed E-state index contributed by atoms with van der Waals surface area (Å²) < 4.78 is 15.0. The minimum atomic E-state index is -0.382. The average molecular weight is 441 g/mol. The molecule has 8 heteroatoms. The third-order valence-corrected chi connectivity index (χ3v) is 5.73. The summed E-state index contributed by atoms with van der Waals surface area (Å²) in [6.07, 6.45) is 0. The van der Waals surface area contributed by atoms with Crippen molar-refractivity contribution in [2.45, 2.75) is 20.4 Å². The second-order valence-electron chi connectivity index (χ2n) is 6.90. The Balaban J connectivity index is 1.53. The number of carbonyl (C=O) groups is 1. The molecule has 1 amide bonds. The maximum atomic E-state index is 13.4. The fourth-order valence-corrected chi connectivity index (χ4v) is 4.09. The van der Waals surface area contributed by atoms with Crippen molar-refractivity contribution in [2.75, 3.05) is 5.32 Å². The number of benzene rings is 2. The van der Waals surface area contributed by atoms with Crippen molar-refractivity contribution >= 4 is 34.0 Å². The predicted molar refractivity (Wildman–Crippen MR) is 118 cm³/mol. The summed E-state index contributed by atoms with van der Waals surface area (Å²) in [7, 11) is 0. The van der Waals surface area contributed by atoms with Gasteiger partial charge in [0.2, 0.25) is 0 Å². The molecule has 0 bridgehead atoms. The molecule has 2 heterocycles. The van der Waals surface area contributed by atoms with Crippen LogP contribution in [0.3, 0.4) is 0 Å². The maximum absolute atomic E-state index is 13.4. The van der Waals surface area contributed by atoms with Gasteiger partial charge in [-0.05, 0) is 31.5 Å². The van der Waals surface area contributed by atoms with Crippen molar-refractivity contribution in [3.63, 3.8) is 0 Å². The molecule has 1 N–H and O–H groups in total. The zero-order valence-corrected chi connectivity index (χ0v) is 17.9. The minimum absolute atomic E-state index is 0.271. The number of rotatable bonds is 5. The monoisotopic (exact) mass is 440 g/mol. The number of hydrogen-bond acceptors (Lipinski definition) is 4. The summed E-state index contributed by atoms with van der Waals surface area (Å²) in [4.78, 5) is 17.2. The quantitative estimate of drug-likeness (QED) is 0.432. The maximum Gasteiger partial charge on any atom is 0.262 e. The van der Waals surface area contributed by atoms with Crippen molar-refractivity contribution in [3.8, 4) is 11.3 Å². The molecule has 0 fully saturated rings. The van der Waals surface area contributed by atoms with Crippen LogP contribution in [0.2, 0.25) is 5.15 Å². The van der Waals surface area contributed by atoms with Gasteiger partial charge in [0.05, 0.1) is 23.5 Å². The highest BCUT2D eigenvalue weighted by Crippen LogP contribution is 2.27. The number of halogens is 2. The number of nitrogens with one attached hydrogen (secondary N) is 1. The van der Waals surface area contributed by atoms with E-state index >= 15 is 0 Å². The molecule has 0 radical (unpaired) electrons. The zero-order valence-electron chi connectivity index (χ0n) is 16.3. The van der Waals surface area contributed by atoms with Crippen LogP contribution >= 0.6 is 22.9 Å². The van der Waals surface area contributed by atoms with E-state index in [9.17, 15) is 9.18 Å². The van der Waals surface area contributed by atoms with Crippen LogP contribution in [0.5, 0.6) is 0 Å². The summed E-state index contributed by atoms with van der Waals surface area (Å²) in [6, 6.07) is 14.2. The van der Waals surface area contributed by atoms with Gasteiger partial charge in [-0.15, -0.1) is 11.3 Å². The second kappa shape index (κ2) is 8.38. The normalized spacial score (nSPS) is 10.9. The number of aromatic nitrogens is 3. The van der Waals surface area contributed by atoms with Crippen LogP contribution < -0.4 is 5.32 Å². The SMILES string of the molecule is Cc1ccc(Cn2nc(C)c(C(=O)Nc3nc(-c4cccc(F)c4)cs3)c2Cl)cc1. The first kappa shape index (κ1) is 20.3. The first-order valence-corrected chi connectivity index (χ1v) is 10.5. The number of amides is 1. The predicted octanol–water partition coefficient (Wildman–Crippen LogP) is 5.72. The number of anilines is 1. The van der Waals surface area contributed by atoms with Crippen LogP contribution in [0, 0.1) is 19.7 Å². The highest BCUT2D eigenvalue weighted by Gasteiger charge is 2.21. The number of thiazole rings is 1. The molecule has 0 aliphatic rings. The molecule has 2 aromatic heterocycles. The third-order valence-electron chi connectivity index (χ3n) is 4.59. The molecule has 0 saturated carbocycles. The van der Waals surface area contributed by atoms with E-state index in [0.29, 0.717) is 34.2 Å². The number of hydrogen-bond donors (Lipinski definition) is 1. The Bertz CT molecular complexity index is 1220. The number of carbonyl (C=O) groups excluding carboxylic acids is 1. The van der Waals surface area contributed by atoms with Crippen LogP contribution in [0.4, 0.5) is 9.52 Å². The van der Waals surface area contributed by atoms with Gasteiger partial charge >= 0.3 is 0 Å². The van der Waals surface area contributed by atoms with Gasteiger partial charge in [0.1, 0.15) is 11.0 Å². The highest BCUT2D eigenvalue weighted by atomic mass is 35.5. The van der Waals surface area contributed by atoms with Crippen LogP contribution in [-0.2, 0) is 6.54 Å². The van der Waals surface area contributed by atoms with Crippen molar-refractivity contribution in [3.05, 3.63) is 87.3 Å². The lowest BCUT2D eigenvalue weighted by atomic mass is 10.1. The minimum Gasteiger partial charge on any atom is -0.298 e. The Morgan fingerprint density at radius 1 is 1.20 bits per heavy atom. The van der Waals surface area contributed by atoms with Gasteiger partial charge in [0.25, 0.3) is 5.91 Å². The van der Waals surface area contributed by atoms with E-state index in [0.717, 1.165) is 5.56 Å². The Morgan fingerprint density at radius 3 is 2.70 bits per heavy atom. The molecule has 0 aliphatic heterocycles. The van der Waals surface area contributed by atoms with E-state index in [4.69, 9.17) is 11.6 Å². The van der Waals surface area contributed by atoms with Crippen molar-refractivity contribution in [1.29, 1.82) is 0 Å². The first-order chi connectivity index (χ1) is 14.4. The van der Waals surface area contributed by atoms with Crippen LogP contribution in [-0.4, -0.2) is 20.7 Å². The molecule has 0 aliphatic carbocycles. The van der Waals surface area contributed by atoms with E-state index in [-0.39, 0.29) is 16.9 Å². The Hall–Kier alpha value is -3.03. The lowest BCUT2D eigenvalue weighted by molar-refractivity contribution is 0.102. The lowest BCUT2D eigenvalue weighted by Crippen LogP contribution is -2.13. The van der Waals surface area contributed by atoms with Crippen molar-refractivity contribution < 1.29 is 9.18 Å². The number of nitrogens with zero attached hydrogens (tertiary/aromatic N) is 3. The molecule has 0 saturated heterocycles. The van der Waals surface area contributed by atoms with Gasteiger partial charge in [-0.25, -0.2) is 14.1 Å².